The molecule has 1 aromatic heterocycles. The van der Waals surface area contributed by atoms with Gasteiger partial charge in [0, 0.05) is 25.6 Å². The van der Waals surface area contributed by atoms with Crippen LogP contribution in [0, 0.1) is 12.8 Å². The zero-order valence-electron chi connectivity index (χ0n) is 11.1. The number of hydrogen-bond acceptors (Lipinski definition) is 6. The number of carbonyl (C=O) groups excluding carboxylic acids is 1. The molecule has 1 saturated heterocycles. The van der Waals surface area contributed by atoms with E-state index in [1.807, 2.05) is 0 Å². The van der Waals surface area contributed by atoms with E-state index >= 15 is 0 Å². The molecule has 0 aromatic carbocycles. The lowest BCUT2D eigenvalue weighted by Gasteiger charge is -2.22. The van der Waals surface area contributed by atoms with Gasteiger partial charge in [0.25, 0.3) is 11.1 Å². The molecule has 1 N–H and O–H groups in total. The summed E-state index contributed by atoms with van der Waals surface area (Å²) in [6.07, 6.45) is 0. The molecule has 0 aliphatic carbocycles. The fraction of sp³-hybridized carbons (Fsp3) is 0.667. The molecule has 0 unspecified atom stereocenters. The Labute approximate surface area is 116 Å². The van der Waals surface area contributed by atoms with Gasteiger partial charge in [0.05, 0.1) is 26.0 Å². The van der Waals surface area contributed by atoms with Gasteiger partial charge in [-0.25, -0.2) is 4.98 Å². The quantitative estimate of drug-likeness (QED) is 0.878. The summed E-state index contributed by atoms with van der Waals surface area (Å²) in [5.41, 5.74) is 0.678. The molecule has 0 bridgehead atoms. The van der Waals surface area contributed by atoms with Gasteiger partial charge in [0.2, 0.25) is 0 Å². The van der Waals surface area contributed by atoms with Crippen molar-refractivity contribution in [1.82, 2.24) is 9.88 Å². The van der Waals surface area contributed by atoms with E-state index in [4.69, 9.17) is 9.47 Å². The van der Waals surface area contributed by atoms with E-state index in [0.717, 1.165) is 0 Å². The summed E-state index contributed by atoms with van der Waals surface area (Å²) in [4.78, 5) is 19.0. The van der Waals surface area contributed by atoms with E-state index in [2.05, 4.69) is 4.98 Å². The van der Waals surface area contributed by atoms with Crippen molar-refractivity contribution in [3.63, 3.8) is 0 Å². The Balaban J connectivity index is 2.14. The zero-order valence-corrected chi connectivity index (χ0v) is 11.9. The number of aryl methyl sites for hydroxylation is 1. The van der Waals surface area contributed by atoms with Crippen LogP contribution in [0.15, 0.2) is 0 Å². The molecule has 1 fully saturated rings. The molecular weight excluding hydrogens is 268 g/mol. The largest absolute Gasteiger partial charge is 0.473 e. The summed E-state index contributed by atoms with van der Waals surface area (Å²) in [5.74, 6) is -0.0937. The van der Waals surface area contributed by atoms with Gasteiger partial charge < -0.3 is 19.5 Å². The van der Waals surface area contributed by atoms with Gasteiger partial charge in [-0.15, -0.1) is 0 Å². The average molecular weight is 286 g/mol. The van der Waals surface area contributed by atoms with Crippen molar-refractivity contribution >= 4 is 17.2 Å². The molecule has 2 rings (SSSR count). The summed E-state index contributed by atoms with van der Waals surface area (Å²) < 4.78 is 10.4. The minimum Gasteiger partial charge on any atom is -0.473 e. The molecule has 1 aliphatic rings. The molecule has 0 saturated carbocycles. The molecule has 106 valence electrons. The highest BCUT2D eigenvalue weighted by molar-refractivity contribution is 7.15. The highest BCUT2D eigenvalue weighted by Crippen LogP contribution is 2.26. The monoisotopic (exact) mass is 286 g/mol. The second kappa shape index (κ2) is 6.31. The highest BCUT2D eigenvalue weighted by Gasteiger charge is 2.26. The van der Waals surface area contributed by atoms with E-state index < -0.39 is 0 Å². The minimum absolute atomic E-state index is 0.0226. The van der Waals surface area contributed by atoms with Crippen LogP contribution in [0.3, 0.4) is 0 Å². The van der Waals surface area contributed by atoms with Crippen molar-refractivity contribution in [3.8, 4) is 5.19 Å². The van der Waals surface area contributed by atoms with Gasteiger partial charge in [-0.05, 0) is 6.92 Å². The number of amides is 1. The molecule has 1 atom stereocenters. The fourth-order valence-electron chi connectivity index (χ4n) is 1.98. The van der Waals surface area contributed by atoms with Crippen LogP contribution in [0.4, 0.5) is 0 Å². The summed E-state index contributed by atoms with van der Waals surface area (Å²) in [6, 6.07) is 0. The van der Waals surface area contributed by atoms with Crippen LogP contribution < -0.4 is 4.74 Å². The maximum absolute atomic E-state index is 12.5. The number of methoxy groups -OCH3 is 1. The summed E-state index contributed by atoms with van der Waals surface area (Å²) in [5, 5.41) is 9.73. The van der Waals surface area contributed by atoms with Crippen LogP contribution in [-0.2, 0) is 4.74 Å². The van der Waals surface area contributed by atoms with Gasteiger partial charge in [-0.1, -0.05) is 11.3 Å². The first kappa shape index (κ1) is 14.2. The maximum Gasteiger partial charge on any atom is 0.273 e. The number of aliphatic hydroxyl groups is 1. The van der Waals surface area contributed by atoms with Crippen LogP contribution in [-0.4, -0.2) is 60.9 Å². The second-order valence-electron chi connectivity index (χ2n) is 4.47. The molecule has 7 heteroatoms. The Morgan fingerprint density at radius 3 is 3.11 bits per heavy atom. The Morgan fingerprint density at radius 2 is 2.47 bits per heavy atom. The summed E-state index contributed by atoms with van der Waals surface area (Å²) >= 11 is 1.25. The number of rotatable bonds is 3. The normalized spacial score (nSPS) is 20.2. The average Bonchev–Trinajstić information content (AvgIpc) is 2.65. The molecule has 2 heterocycles. The molecule has 0 radical (unpaired) electrons. The van der Waals surface area contributed by atoms with Gasteiger partial charge >= 0.3 is 0 Å². The number of aromatic nitrogens is 1. The second-order valence-corrected chi connectivity index (χ2v) is 5.43. The Bertz CT molecular complexity index is 449. The molecule has 6 nitrogen and oxygen atoms in total. The molecule has 1 aliphatic heterocycles. The first-order valence-electron chi connectivity index (χ1n) is 6.15. The number of carbonyl (C=O) groups is 1. The van der Waals surface area contributed by atoms with Gasteiger partial charge in [-0.3, -0.25) is 4.79 Å². The first-order valence-corrected chi connectivity index (χ1v) is 6.96. The van der Waals surface area contributed by atoms with E-state index in [9.17, 15) is 9.90 Å². The van der Waals surface area contributed by atoms with E-state index in [0.29, 0.717) is 42.1 Å². The fourth-order valence-corrected chi connectivity index (χ4v) is 2.83. The van der Waals surface area contributed by atoms with Crippen molar-refractivity contribution in [1.29, 1.82) is 0 Å². The van der Waals surface area contributed by atoms with Crippen molar-refractivity contribution in [3.05, 3.63) is 10.6 Å². The predicted molar refractivity (Wildman–Crippen MR) is 70.7 cm³/mol. The lowest BCUT2D eigenvalue weighted by atomic mass is 10.1. The van der Waals surface area contributed by atoms with Gasteiger partial charge in [0.15, 0.2) is 0 Å². The molecule has 0 spiro atoms. The minimum atomic E-state index is -0.0674. The van der Waals surface area contributed by atoms with E-state index in [-0.39, 0.29) is 18.4 Å². The molecular formula is C12H18N2O4S. The van der Waals surface area contributed by atoms with Crippen molar-refractivity contribution < 1.29 is 19.4 Å². The smallest absolute Gasteiger partial charge is 0.273 e. The van der Waals surface area contributed by atoms with E-state index in [1.165, 1.54) is 18.4 Å². The third-order valence-corrected chi connectivity index (χ3v) is 4.14. The standard InChI is InChI=1S/C12H18N2O4S/c1-8-10(19-12(13-8)17-2)11(16)14-3-4-18-7-9(5-14)6-15/h9,15H,3-7H2,1-2H3/t9-/m1/s1. The van der Waals surface area contributed by atoms with Gasteiger partial charge in [-0.2, -0.15) is 0 Å². The van der Waals surface area contributed by atoms with Crippen LogP contribution >= 0.6 is 11.3 Å². The Hall–Kier alpha value is -1.18. The summed E-state index contributed by atoms with van der Waals surface area (Å²) in [7, 11) is 1.54. The number of hydrogen-bond donors (Lipinski definition) is 1. The van der Waals surface area contributed by atoms with Crippen LogP contribution in [0.2, 0.25) is 0 Å². The maximum atomic E-state index is 12.5. The van der Waals surface area contributed by atoms with Crippen molar-refractivity contribution in [2.75, 3.05) is 40.0 Å². The predicted octanol–water partition coefficient (Wildman–Crippen LogP) is 0.541. The third-order valence-electron chi connectivity index (χ3n) is 3.03. The summed E-state index contributed by atoms with van der Waals surface area (Å²) in [6.45, 7) is 3.85. The topological polar surface area (TPSA) is 71.9 Å². The SMILES string of the molecule is COc1nc(C)c(C(=O)N2CCOC[C@@H](CO)C2)s1. The molecule has 1 amide bonds. The number of aliphatic hydroxyl groups excluding tert-OH is 1. The first-order chi connectivity index (χ1) is 9.15. The van der Waals surface area contributed by atoms with Crippen molar-refractivity contribution in [2.45, 2.75) is 6.92 Å². The Morgan fingerprint density at radius 1 is 1.68 bits per heavy atom. The van der Waals surface area contributed by atoms with Crippen LogP contribution in [0.5, 0.6) is 5.19 Å². The lowest BCUT2D eigenvalue weighted by Crippen LogP contribution is -2.36. The number of nitrogens with zero attached hydrogens (tertiary/aromatic N) is 2. The molecule has 1 aromatic rings. The van der Waals surface area contributed by atoms with Gasteiger partial charge in [0.1, 0.15) is 4.88 Å². The van der Waals surface area contributed by atoms with Crippen LogP contribution in [0.25, 0.3) is 0 Å². The Kier molecular flexibility index (Phi) is 4.73. The van der Waals surface area contributed by atoms with Crippen LogP contribution in [0.1, 0.15) is 15.4 Å². The zero-order chi connectivity index (χ0) is 13.8. The van der Waals surface area contributed by atoms with Crippen molar-refractivity contribution in [2.24, 2.45) is 5.92 Å². The van der Waals surface area contributed by atoms with E-state index in [1.54, 1.807) is 11.8 Å². The third kappa shape index (κ3) is 3.23. The highest BCUT2D eigenvalue weighted by atomic mass is 32.1. The number of thiazole rings is 1. The molecule has 19 heavy (non-hydrogen) atoms. The lowest BCUT2D eigenvalue weighted by molar-refractivity contribution is 0.0732. The number of ether oxygens (including phenoxy) is 2.